The topological polar surface area (TPSA) is 74.3 Å². The Kier molecular flexibility index (Phi) is 5.19. The molecule has 1 aliphatic heterocycles. The molecule has 4 rings (SSSR count). The lowest BCUT2D eigenvalue weighted by atomic mass is 9.96. The van der Waals surface area contributed by atoms with Crippen molar-refractivity contribution in [2.75, 3.05) is 23.7 Å². The second kappa shape index (κ2) is 8.08. The summed E-state index contributed by atoms with van der Waals surface area (Å²) in [6.45, 7) is 1.12. The second-order valence-electron chi connectivity index (χ2n) is 6.93. The number of aromatic nitrogens is 1. The minimum absolute atomic E-state index is 0.0127. The third kappa shape index (κ3) is 3.96. The number of fused-ring (bicyclic) bond motifs is 1. The summed E-state index contributed by atoms with van der Waals surface area (Å²) in [4.78, 5) is 31.2. The van der Waals surface area contributed by atoms with Gasteiger partial charge in [-0.25, -0.2) is 4.79 Å². The van der Waals surface area contributed by atoms with Crippen LogP contribution in [0.3, 0.4) is 0 Å². The molecule has 2 aromatic carbocycles. The third-order valence-electron chi connectivity index (χ3n) is 5.07. The lowest BCUT2D eigenvalue weighted by Crippen LogP contribution is -2.43. The van der Waals surface area contributed by atoms with Crippen LogP contribution in [0.2, 0.25) is 0 Å². The van der Waals surface area contributed by atoms with Gasteiger partial charge in [-0.05, 0) is 37.1 Å². The summed E-state index contributed by atoms with van der Waals surface area (Å²) in [5.41, 5.74) is 2.29. The molecule has 2 heterocycles. The molecule has 1 aromatic heterocycles. The highest BCUT2D eigenvalue weighted by Crippen LogP contribution is 2.24. The molecule has 0 aliphatic carbocycles. The van der Waals surface area contributed by atoms with Crippen LogP contribution in [-0.4, -0.2) is 34.9 Å². The second-order valence-corrected chi connectivity index (χ2v) is 6.93. The van der Waals surface area contributed by atoms with Crippen LogP contribution in [-0.2, 0) is 4.79 Å². The van der Waals surface area contributed by atoms with E-state index in [0.29, 0.717) is 25.9 Å². The first-order valence-electron chi connectivity index (χ1n) is 9.46. The number of pyridine rings is 1. The molecule has 6 heteroatoms. The lowest BCUT2D eigenvalue weighted by molar-refractivity contribution is -0.121. The Morgan fingerprint density at radius 2 is 1.64 bits per heavy atom. The molecular weight excluding hydrogens is 352 g/mol. The summed E-state index contributed by atoms with van der Waals surface area (Å²) in [6, 6.07) is 18.9. The standard InChI is InChI=1S/C22H22N4O2/c27-21(25-19-10-4-6-16-7-5-13-23-20(16)19)17-11-14-26(15-12-17)22(28)24-18-8-2-1-3-9-18/h1-10,13,17H,11-12,14-15H2,(H,24,28)(H,25,27). The van der Waals surface area contributed by atoms with Gasteiger partial charge in [-0.15, -0.1) is 0 Å². The summed E-state index contributed by atoms with van der Waals surface area (Å²) >= 11 is 0. The van der Waals surface area contributed by atoms with Gasteiger partial charge in [-0.2, -0.15) is 0 Å². The van der Waals surface area contributed by atoms with Crippen molar-refractivity contribution in [3.8, 4) is 0 Å². The number of nitrogens with zero attached hydrogens (tertiary/aromatic N) is 2. The number of amides is 3. The average Bonchev–Trinajstić information content (AvgIpc) is 2.75. The average molecular weight is 374 g/mol. The number of rotatable bonds is 3. The molecule has 0 radical (unpaired) electrons. The Morgan fingerprint density at radius 3 is 2.43 bits per heavy atom. The maximum absolute atomic E-state index is 12.7. The number of hydrogen-bond acceptors (Lipinski definition) is 3. The van der Waals surface area contributed by atoms with Gasteiger partial charge in [0.1, 0.15) is 0 Å². The van der Waals surface area contributed by atoms with Crippen molar-refractivity contribution in [3.63, 3.8) is 0 Å². The minimum atomic E-state index is -0.122. The first-order chi connectivity index (χ1) is 13.7. The Bertz CT molecular complexity index is 977. The fraction of sp³-hybridized carbons (Fsp3) is 0.227. The number of hydrogen-bond donors (Lipinski definition) is 2. The van der Waals surface area contributed by atoms with E-state index in [9.17, 15) is 9.59 Å². The monoisotopic (exact) mass is 374 g/mol. The molecule has 0 saturated carbocycles. The molecule has 3 amide bonds. The van der Waals surface area contributed by atoms with E-state index < -0.39 is 0 Å². The van der Waals surface area contributed by atoms with Gasteiger partial charge in [0.15, 0.2) is 0 Å². The van der Waals surface area contributed by atoms with Gasteiger partial charge in [-0.3, -0.25) is 9.78 Å². The molecule has 6 nitrogen and oxygen atoms in total. The lowest BCUT2D eigenvalue weighted by Gasteiger charge is -2.31. The molecule has 3 aromatic rings. The SMILES string of the molecule is O=C(Nc1cccc2cccnc12)C1CCN(C(=O)Nc2ccccc2)CC1. The van der Waals surface area contributed by atoms with Crippen LogP contribution < -0.4 is 10.6 Å². The normalized spacial score (nSPS) is 14.6. The van der Waals surface area contributed by atoms with E-state index in [2.05, 4.69) is 15.6 Å². The predicted molar refractivity (Wildman–Crippen MR) is 110 cm³/mol. The maximum atomic E-state index is 12.7. The summed E-state index contributed by atoms with van der Waals surface area (Å²) in [7, 11) is 0. The number of nitrogens with one attached hydrogen (secondary N) is 2. The van der Waals surface area contributed by atoms with Crippen LogP contribution in [0.5, 0.6) is 0 Å². The quantitative estimate of drug-likeness (QED) is 0.724. The number of anilines is 2. The molecule has 0 spiro atoms. The predicted octanol–water partition coefficient (Wildman–Crippen LogP) is 4.12. The molecule has 28 heavy (non-hydrogen) atoms. The van der Waals surface area contributed by atoms with E-state index >= 15 is 0 Å². The molecule has 1 saturated heterocycles. The Labute approximate surface area is 163 Å². The van der Waals surface area contributed by atoms with Crippen molar-refractivity contribution >= 4 is 34.2 Å². The zero-order chi connectivity index (χ0) is 19.3. The van der Waals surface area contributed by atoms with Crippen LogP contribution in [0.1, 0.15) is 12.8 Å². The van der Waals surface area contributed by atoms with Crippen LogP contribution >= 0.6 is 0 Å². The summed E-state index contributed by atoms with van der Waals surface area (Å²) in [5, 5.41) is 6.91. The summed E-state index contributed by atoms with van der Waals surface area (Å²) in [5.74, 6) is -0.124. The van der Waals surface area contributed by atoms with Crippen LogP contribution in [0.25, 0.3) is 10.9 Å². The molecule has 1 aliphatic rings. The molecule has 142 valence electrons. The van der Waals surface area contributed by atoms with Gasteiger partial charge in [0.05, 0.1) is 11.2 Å². The van der Waals surface area contributed by atoms with Crippen molar-refractivity contribution < 1.29 is 9.59 Å². The number of benzene rings is 2. The number of para-hydroxylation sites is 2. The van der Waals surface area contributed by atoms with E-state index in [1.807, 2.05) is 60.7 Å². The van der Waals surface area contributed by atoms with Gasteiger partial charge < -0.3 is 15.5 Å². The summed E-state index contributed by atoms with van der Waals surface area (Å²) in [6.07, 6.45) is 3.01. The van der Waals surface area contributed by atoms with Crippen molar-refractivity contribution in [1.82, 2.24) is 9.88 Å². The largest absolute Gasteiger partial charge is 0.324 e. The van der Waals surface area contributed by atoms with E-state index in [1.54, 1.807) is 11.1 Å². The van der Waals surface area contributed by atoms with E-state index in [4.69, 9.17) is 0 Å². The van der Waals surface area contributed by atoms with Crippen LogP contribution in [0, 0.1) is 5.92 Å². The molecule has 0 bridgehead atoms. The molecule has 0 atom stereocenters. The fourth-order valence-corrected chi connectivity index (χ4v) is 3.51. The molecule has 0 unspecified atom stereocenters. The Morgan fingerprint density at radius 1 is 0.893 bits per heavy atom. The number of urea groups is 1. The smallest absolute Gasteiger partial charge is 0.321 e. The number of carbonyl (C=O) groups excluding carboxylic acids is 2. The zero-order valence-corrected chi connectivity index (χ0v) is 15.5. The van der Waals surface area contributed by atoms with Crippen molar-refractivity contribution in [1.29, 1.82) is 0 Å². The number of piperidine rings is 1. The van der Waals surface area contributed by atoms with E-state index in [-0.39, 0.29) is 17.9 Å². The third-order valence-corrected chi connectivity index (χ3v) is 5.07. The van der Waals surface area contributed by atoms with Crippen molar-refractivity contribution in [2.45, 2.75) is 12.8 Å². The van der Waals surface area contributed by atoms with Gasteiger partial charge >= 0.3 is 6.03 Å². The maximum Gasteiger partial charge on any atom is 0.321 e. The van der Waals surface area contributed by atoms with Crippen LogP contribution in [0.15, 0.2) is 66.9 Å². The first kappa shape index (κ1) is 18.0. The molecule has 2 N–H and O–H groups in total. The highest BCUT2D eigenvalue weighted by molar-refractivity contribution is 6.01. The van der Waals surface area contributed by atoms with Gasteiger partial charge in [0, 0.05) is 36.3 Å². The molecular formula is C22H22N4O2. The van der Waals surface area contributed by atoms with E-state index in [0.717, 1.165) is 22.3 Å². The highest BCUT2D eigenvalue weighted by Gasteiger charge is 2.27. The summed E-state index contributed by atoms with van der Waals surface area (Å²) < 4.78 is 0. The van der Waals surface area contributed by atoms with Crippen molar-refractivity contribution in [2.24, 2.45) is 5.92 Å². The Balaban J connectivity index is 1.34. The fourth-order valence-electron chi connectivity index (χ4n) is 3.51. The number of likely N-dealkylation sites (tertiary alicyclic amines) is 1. The number of carbonyl (C=O) groups is 2. The van der Waals surface area contributed by atoms with Crippen molar-refractivity contribution in [3.05, 3.63) is 66.9 Å². The molecule has 1 fully saturated rings. The zero-order valence-electron chi connectivity index (χ0n) is 15.5. The Hall–Kier alpha value is -3.41. The van der Waals surface area contributed by atoms with E-state index in [1.165, 1.54) is 0 Å². The van der Waals surface area contributed by atoms with Gasteiger partial charge in [0.2, 0.25) is 5.91 Å². The first-order valence-corrected chi connectivity index (χ1v) is 9.46. The van der Waals surface area contributed by atoms with Crippen LogP contribution in [0.4, 0.5) is 16.2 Å². The minimum Gasteiger partial charge on any atom is -0.324 e. The van der Waals surface area contributed by atoms with Gasteiger partial charge in [-0.1, -0.05) is 36.4 Å². The van der Waals surface area contributed by atoms with Gasteiger partial charge in [0.25, 0.3) is 0 Å². The highest BCUT2D eigenvalue weighted by atomic mass is 16.2.